The first kappa shape index (κ1) is 24.9. The van der Waals surface area contributed by atoms with E-state index in [0.717, 1.165) is 27.8 Å². The summed E-state index contributed by atoms with van der Waals surface area (Å²) >= 11 is 11.3. The van der Waals surface area contributed by atoms with Crippen molar-refractivity contribution in [3.05, 3.63) is 105 Å². The summed E-state index contributed by atoms with van der Waals surface area (Å²) in [5.41, 5.74) is 5.17. The minimum atomic E-state index is -4.38. The van der Waals surface area contributed by atoms with Gasteiger partial charge in [-0.3, -0.25) is 0 Å². The number of nitrogens with zero attached hydrogens (tertiary/aromatic N) is 1. The Morgan fingerprint density at radius 1 is 1.06 bits per heavy atom. The summed E-state index contributed by atoms with van der Waals surface area (Å²) in [7, 11) is 0. The molecule has 0 fully saturated rings. The largest absolute Gasteiger partial charge is 0.399 e. The molecule has 172 valence electrons. The molecule has 0 saturated carbocycles. The molecule has 0 aliphatic rings. The zero-order valence-electron chi connectivity index (χ0n) is 18.5. The number of pyridine rings is 1. The first-order valence-corrected chi connectivity index (χ1v) is 11.1. The highest BCUT2D eigenvalue weighted by molar-refractivity contribution is 7.80. The quantitative estimate of drug-likeness (QED) is 0.287. The summed E-state index contributed by atoms with van der Waals surface area (Å²) < 4.78 is 41.3. The van der Waals surface area contributed by atoms with Gasteiger partial charge in [-0.15, -0.1) is 0 Å². The third kappa shape index (κ3) is 6.89. The zero-order chi connectivity index (χ0) is 24.2. The molecular formula is C26H24ClF3N2S. The predicted octanol–water partition coefficient (Wildman–Crippen LogP) is 7.48. The Morgan fingerprint density at radius 2 is 1.76 bits per heavy atom. The first-order valence-electron chi connectivity index (χ1n) is 10.4. The van der Waals surface area contributed by atoms with Crippen LogP contribution in [0, 0.1) is 20.8 Å². The number of hydrogen-bond acceptors (Lipinski definition) is 2. The summed E-state index contributed by atoms with van der Waals surface area (Å²) in [6, 6.07) is 14.0. The molecule has 0 aliphatic heterocycles. The molecule has 3 aromatic rings. The molecule has 0 radical (unpaired) electrons. The number of halogens is 4. The van der Waals surface area contributed by atoms with Gasteiger partial charge in [0.15, 0.2) is 0 Å². The molecule has 1 aromatic heterocycles. The highest BCUT2D eigenvalue weighted by Gasteiger charge is 2.39. The summed E-state index contributed by atoms with van der Waals surface area (Å²) in [6.45, 7) is 5.98. The summed E-state index contributed by atoms with van der Waals surface area (Å²) in [6.07, 6.45) is 0.0223. The van der Waals surface area contributed by atoms with Gasteiger partial charge in [0.2, 0.25) is 0 Å². The molecule has 33 heavy (non-hydrogen) atoms. The van der Waals surface area contributed by atoms with E-state index in [4.69, 9.17) is 23.8 Å². The second kappa shape index (κ2) is 10.5. The van der Waals surface area contributed by atoms with Crippen LogP contribution in [0.25, 0.3) is 6.08 Å². The molecule has 3 rings (SSSR count). The molecule has 0 aliphatic carbocycles. The Kier molecular flexibility index (Phi) is 7.92. The van der Waals surface area contributed by atoms with E-state index in [1.54, 1.807) is 44.3 Å². The van der Waals surface area contributed by atoms with E-state index in [0.29, 0.717) is 22.2 Å². The average molecular weight is 489 g/mol. The van der Waals surface area contributed by atoms with Crippen molar-refractivity contribution < 1.29 is 13.2 Å². The molecule has 0 bridgehead atoms. The van der Waals surface area contributed by atoms with Crippen LogP contribution in [0.15, 0.2) is 60.8 Å². The van der Waals surface area contributed by atoms with Crippen LogP contribution in [0.3, 0.4) is 0 Å². The number of benzene rings is 2. The lowest BCUT2D eigenvalue weighted by atomic mass is 9.93. The highest BCUT2D eigenvalue weighted by atomic mass is 35.5. The van der Waals surface area contributed by atoms with Gasteiger partial charge in [-0.25, -0.2) is 4.98 Å². The van der Waals surface area contributed by atoms with Crippen molar-refractivity contribution in [3.63, 3.8) is 0 Å². The summed E-state index contributed by atoms with van der Waals surface area (Å²) in [5, 5.41) is 3.60. The van der Waals surface area contributed by atoms with Crippen molar-refractivity contribution in [1.29, 1.82) is 0 Å². The van der Waals surface area contributed by atoms with Crippen molar-refractivity contribution in [2.24, 2.45) is 0 Å². The Morgan fingerprint density at radius 3 is 2.33 bits per heavy atom. The van der Waals surface area contributed by atoms with E-state index < -0.39 is 12.1 Å². The van der Waals surface area contributed by atoms with E-state index in [2.05, 4.69) is 10.3 Å². The zero-order valence-corrected chi connectivity index (χ0v) is 20.1. The smallest absolute Gasteiger partial charge is 0.372 e. The topological polar surface area (TPSA) is 24.9 Å². The fourth-order valence-electron chi connectivity index (χ4n) is 3.64. The fourth-order valence-corrected chi connectivity index (χ4v) is 4.05. The Bertz CT molecular complexity index is 1150. The van der Waals surface area contributed by atoms with Gasteiger partial charge in [0.25, 0.3) is 0 Å². The molecule has 1 N–H and O–H groups in total. The third-order valence-corrected chi connectivity index (χ3v) is 5.76. The number of thiocarbonyl (C=S) groups is 1. The monoisotopic (exact) mass is 488 g/mol. The molecular weight excluding hydrogens is 465 g/mol. The number of alkyl halides is 3. The standard InChI is InChI=1S/C26H24ClF3N2S/c1-16-10-17(2)12-21(11-16)23(26(28,29)30)8-5-19-4-7-22(18(3)13-19)25(33)32-15-20-6-9-24(27)31-14-20/h4-14,23H,15H2,1-3H3,(H,32,33)/b8-5+. The minimum Gasteiger partial charge on any atom is -0.372 e. The SMILES string of the molecule is Cc1cc(C)cc(C(/C=C/c2ccc(C(=S)NCc3ccc(Cl)nc3)c(C)c2)C(F)(F)F)c1. The Labute approximate surface area is 202 Å². The van der Waals surface area contributed by atoms with Crippen LogP contribution in [0.2, 0.25) is 5.15 Å². The van der Waals surface area contributed by atoms with Gasteiger partial charge in [0, 0.05) is 18.3 Å². The van der Waals surface area contributed by atoms with Crippen LogP contribution in [-0.4, -0.2) is 16.1 Å². The van der Waals surface area contributed by atoms with Gasteiger partial charge in [0.05, 0.1) is 5.92 Å². The molecule has 0 amide bonds. The number of aryl methyl sites for hydroxylation is 3. The third-order valence-electron chi connectivity index (χ3n) is 5.17. The van der Waals surface area contributed by atoms with E-state index >= 15 is 0 Å². The maximum absolute atomic E-state index is 13.8. The lowest BCUT2D eigenvalue weighted by molar-refractivity contribution is -0.139. The molecule has 2 aromatic carbocycles. The van der Waals surface area contributed by atoms with Crippen LogP contribution >= 0.6 is 23.8 Å². The number of aromatic nitrogens is 1. The van der Waals surface area contributed by atoms with E-state index in [1.165, 1.54) is 12.2 Å². The molecule has 2 nitrogen and oxygen atoms in total. The molecule has 0 spiro atoms. The molecule has 0 saturated heterocycles. The Hall–Kier alpha value is -2.70. The van der Waals surface area contributed by atoms with Crippen molar-refractivity contribution in [3.8, 4) is 0 Å². The maximum Gasteiger partial charge on any atom is 0.399 e. The number of rotatable bonds is 6. The number of nitrogens with one attached hydrogen (secondary N) is 1. The van der Waals surface area contributed by atoms with Crippen LogP contribution in [0.5, 0.6) is 0 Å². The van der Waals surface area contributed by atoms with Gasteiger partial charge >= 0.3 is 6.18 Å². The highest BCUT2D eigenvalue weighted by Crippen LogP contribution is 2.37. The van der Waals surface area contributed by atoms with E-state index in [9.17, 15) is 13.2 Å². The van der Waals surface area contributed by atoms with Gasteiger partial charge in [0.1, 0.15) is 10.1 Å². The van der Waals surface area contributed by atoms with Gasteiger partial charge in [-0.2, -0.15) is 13.2 Å². The lowest BCUT2D eigenvalue weighted by Gasteiger charge is -2.18. The van der Waals surface area contributed by atoms with Crippen LogP contribution in [0.4, 0.5) is 13.2 Å². The van der Waals surface area contributed by atoms with Gasteiger partial charge in [-0.05, 0) is 49.1 Å². The Balaban J connectivity index is 1.76. The fraction of sp³-hybridized carbons (Fsp3) is 0.231. The molecule has 7 heteroatoms. The maximum atomic E-state index is 13.8. The number of hydrogen-bond donors (Lipinski definition) is 1. The summed E-state index contributed by atoms with van der Waals surface area (Å²) in [5.74, 6) is -1.67. The van der Waals surface area contributed by atoms with E-state index in [-0.39, 0.29) is 5.56 Å². The minimum absolute atomic E-state index is 0.242. The van der Waals surface area contributed by atoms with Crippen molar-refractivity contribution in [1.82, 2.24) is 10.3 Å². The van der Waals surface area contributed by atoms with Crippen molar-refractivity contribution >= 4 is 34.9 Å². The molecule has 1 unspecified atom stereocenters. The lowest BCUT2D eigenvalue weighted by Crippen LogP contribution is -2.22. The summed E-state index contributed by atoms with van der Waals surface area (Å²) in [4.78, 5) is 4.59. The normalized spacial score (nSPS) is 12.7. The van der Waals surface area contributed by atoms with Crippen LogP contribution < -0.4 is 5.32 Å². The van der Waals surface area contributed by atoms with Gasteiger partial charge in [-0.1, -0.05) is 89.6 Å². The van der Waals surface area contributed by atoms with Gasteiger partial charge < -0.3 is 5.32 Å². The van der Waals surface area contributed by atoms with Crippen LogP contribution in [0.1, 0.15) is 44.9 Å². The molecule has 1 heterocycles. The van der Waals surface area contributed by atoms with Crippen molar-refractivity contribution in [2.75, 3.05) is 0 Å². The second-order valence-corrected chi connectivity index (χ2v) is 8.84. The number of allylic oxidation sites excluding steroid dienone is 1. The first-order chi connectivity index (χ1) is 15.5. The second-order valence-electron chi connectivity index (χ2n) is 8.05. The average Bonchev–Trinajstić information content (AvgIpc) is 2.71. The van der Waals surface area contributed by atoms with Crippen molar-refractivity contribution in [2.45, 2.75) is 39.4 Å². The van der Waals surface area contributed by atoms with Crippen LogP contribution in [-0.2, 0) is 6.54 Å². The molecule has 1 atom stereocenters. The van der Waals surface area contributed by atoms with E-state index in [1.807, 2.05) is 31.2 Å². The predicted molar refractivity (Wildman–Crippen MR) is 133 cm³/mol.